The van der Waals surface area contributed by atoms with Gasteiger partial charge in [-0.2, -0.15) is 0 Å². The van der Waals surface area contributed by atoms with Gasteiger partial charge in [0.1, 0.15) is 0 Å². The molecule has 0 aromatic heterocycles. The molecule has 0 radical (unpaired) electrons. The number of hydrogen-bond acceptors (Lipinski definition) is 3. The fourth-order valence-electron chi connectivity index (χ4n) is 2.64. The van der Waals surface area contributed by atoms with Gasteiger partial charge in [-0.3, -0.25) is 4.79 Å². The van der Waals surface area contributed by atoms with Crippen molar-refractivity contribution in [1.82, 2.24) is 4.72 Å². The summed E-state index contributed by atoms with van der Waals surface area (Å²) in [5.74, 6) is -0.134. The molecule has 1 aromatic carbocycles. The summed E-state index contributed by atoms with van der Waals surface area (Å²) in [5, 5.41) is 0. The van der Waals surface area contributed by atoms with E-state index in [1.807, 2.05) is 0 Å². The third kappa shape index (κ3) is 3.46. The molecule has 1 aromatic rings. The number of Topliss-reactive ketones (excluding diaryl/α,β-unsaturated/α-hetero) is 1. The molecule has 0 saturated heterocycles. The van der Waals surface area contributed by atoms with E-state index in [9.17, 15) is 13.2 Å². The van der Waals surface area contributed by atoms with Crippen LogP contribution >= 0.6 is 0 Å². The van der Waals surface area contributed by atoms with Crippen molar-refractivity contribution in [3.05, 3.63) is 29.8 Å². The third-order valence-electron chi connectivity index (χ3n) is 4.05. The summed E-state index contributed by atoms with van der Waals surface area (Å²) >= 11 is 0. The summed E-state index contributed by atoms with van der Waals surface area (Å²) in [7, 11) is -3.54. The molecule has 0 atom stereocenters. The van der Waals surface area contributed by atoms with Crippen LogP contribution in [0.25, 0.3) is 0 Å². The number of benzene rings is 1. The quantitative estimate of drug-likeness (QED) is 0.850. The zero-order valence-corrected chi connectivity index (χ0v) is 12.8. The van der Waals surface area contributed by atoms with Crippen molar-refractivity contribution >= 4 is 15.8 Å². The van der Waals surface area contributed by atoms with Gasteiger partial charge in [0.15, 0.2) is 5.78 Å². The molecule has 1 saturated carbocycles. The molecule has 1 aliphatic carbocycles. The normalized spacial score (nSPS) is 18.1. The molecule has 0 spiro atoms. The molecule has 5 heteroatoms. The SMILES string of the molecule is CC(=O)c1cccc(S(=O)(=O)NCC2(C)CCCC2)c1. The topological polar surface area (TPSA) is 63.2 Å². The Kier molecular flexibility index (Phi) is 4.30. The molecule has 1 fully saturated rings. The van der Waals surface area contributed by atoms with Crippen LogP contribution in [0.1, 0.15) is 49.9 Å². The summed E-state index contributed by atoms with van der Waals surface area (Å²) in [4.78, 5) is 11.5. The molecule has 0 heterocycles. The largest absolute Gasteiger partial charge is 0.295 e. The Morgan fingerprint density at radius 1 is 1.30 bits per heavy atom. The molecular weight excluding hydrogens is 274 g/mol. The van der Waals surface area contributed by atoms with E-state index < -0.39 is 10.0 Å². The lowest BCUT2D eigenvalue weighted by molar-refractivity contribution is 0.101. The van der Waals surface area contributed by atoms with E-state index in [1.165, 1.54) is 19.1 Å². The lowest BCUT2D eigenvalue weighted by atomic mass is 9.89. The van der Waals surface area contributed by atoms with Gasteiger partial charge in [0.2, 0.25) is 10.0 Å². The number of carbonyl (C=O) groups is 1. The Morgan fingerprint density at radius 3 is 2.55 bits per heavy atom. The Hall–Kier alpha value is -1.20. The highest BCUT2D eigenvalue weighted by Gasteiger charge is 2.30. The van der Waals surface area contributed by atoms with Crippen LogP contribution in [-0.4, -0.2) is 20.7 Å². The number of sulfonamides is 1. The van der Waals surface area contributed by atoms with Gasteiger partial charge in [0.25, 0.3) is 0 Å². The predicted octanol–water partition coefficient (Wildman–Crippen LogP) is 2.75. The molecule has 4 nitrogen and oxygen atoms in total. The van der Waals surface area contributed by atoms with Gasteiger partial charge in [-0.15, -0.1) is 0 Å². The van der Waals surface area contributed by atoms with Crippen LogP contribution in [-0.2, 0) is 10.0 Å². The van der Waals surface area contributed by atoms with Gasteiger partial charge in [0, 0.05) is 12.1 Å². The van der Waals surface area contributed by atoms with Crippen LogP contribution in [0.2, 0.25) is 0 Å². The fourth-order valence-corrected chi connectivity index (χ4v) is 3.89. The Bertz CT molecular complexity index is 601. The van der Waals surface area contributed by atoms with Crippen LogP contribution in [0.5, 0.6) is 0 Å². The molecule has 0 amide bonds. The molecule has 0 unspecified atom stereocenters. The summed E-state index contributed by atoms with van der Waals surface area (Å²) < 4.78 is 27.3. The van der Waals surface area contributed by atoms with E-state index in [0.717, 1.165) is 25.7 Å². The lowest BCUT2D eigenvalue weighted by Gasteiger charge is -2.23. The van der Waals surface area contributed by atoms with Gasteiger partial charge in [-0.25, -0.2) is 13.1 Å². The standard InChI is InChI=1S/C15H21NO3S/c1-12(17)13-6-5-7-14(10-13)20(18,19)16-11-15(2)8-3-4-9-15/h5-7,10,16H,3-4,8-9,11H2,1-2H3. The second-order valence-electron chi connectivity index (χ2n) is 5.93. The number of ketones is 1. The van der Waals surface area contributed by atoms with Gasteiger partial charge in [-0.1, -0.05) is 31.9 Å². The van der Waals surface area contributed by atoms with Gasteiger partial charge in [-0.05, 0) is 37.3 Å². The van der Waals surface area contributed by atoms with Gasteiger partial charge >= 0.3 is 0 Å². The zero-order valence-electron chi connectivity index (χ0n) is 12.0. The van der Waals surface area contributed by atoms with Crippen LogP contribution in [0.3, 0.4) is 0 Å². The van der Waals surface area contributed by atoms with Crippen molar-refractivity contribution in [2.75, 3.05) is 6.54 Å². The minimum absolute atomic E-state index is 0.0608. The monoisotopic (exact) mass is 295 g/mol. The van der Waals surface area contributed by atoms with E-state index in [2.05, 4.69) is 11.6 Å². The molecule has 20 heavy (non-hydrogen) atoms. The number of carbonyl (C=O) groups excluding carboxylic acids is 1. The van der Waals surface area contributed by atoms with Crippen LogP contribution < -0.4 is 4.72 Å². The van der Waals surface area contributed by atoms with Crippen LogP contribution in [0.15, 0.2) is 29.2 Å². The van der Waals surface area contributed by atoms with E-state index >= 15 is 0 Å². The number of hydrogen-bond donors (Lipinski definition) is 1. The van der Waals surface area contributed by atoms with Crippen molar-refractivity contribution in [3.8, 4) is 0 Å². The minimum Gasteiger partial charge on any atom is -0.295 e. The highest BCUT2D eigenvalue weighted by atomic mass is 32.2. The first-order valence-corrected chi connectivity index (χ1v) is 8.41. The first kappa shape index (κ1) is 15.2. The van der Waals surface area contributed by atoms with Crippen molar-refractivity contribution in [2.45, 2.75) is 44.4 Å². The van der Waals surface area contributed by atoms with Gasteiger partial charge < -0.3 is 0 Å². The average Bonchev–Trinajstić information content (AvgIpc) is 2.84. The Balaban J connectivity index is 2.14. The summed E-state index contributed by atoms with van der Waals surface area (Å²) in [6, 6.07) is 6.18. The maximum Gasteiger partial charge on any atom is 0.240 e. The molecular formula is C15H21NO3S. The van der Waals surface area contributed by atoms with E-state index in [4.69, 9.17) is 0 Å². The summed E-state index contributed by atoms with van der Waals surface area (Å²) in [6.45, 7) is 4.01. The van der Waals surface area contributed by atoms with Crippen molar-refractivity contribution < 1.29 is 13.2 Å². The molecule has 0 aliphatic heterocycles. The number of rotatable bonds is 5. The predicted molar refractivity (Wildman–Crippen MR) is 78.2 cm³/mol. The number of nitrogens with one attached hydrogen (secondary N) is 1. The zero-order chi connectivity index (χ0) is 14.8. The van der Waals surface area contributed by atoms with Crippen molar-refractivity contribution in [3.63, 3.8) is 0 Å². The summed E-state index contributed by atoms with van der Waals surface area (Å²) in [5.41, 5.74) is 0.477. The van der Waals surface area contributed by atoms with E-state index in [-0.39, 0.29) is 16.1 Å². The van der Waals surface area contributed by atoms with E-state index in [0.29, 0.717) is 12.1 Å². The highest BCUT2D eigenvalue weighted by Crippen LogP contribution is 2.36. The van der Waals surface area contributed by atoms with Gasteiger partial charge in [0.05, 0.1) is 4.90 Å². The average molecular weight is 295 g/mol. The summed E-state index contributed by atoms with van der Waals surface area (Å²) in [6.07, 6.45) is 4.45. The smallest absolute Gasteiger partial charge is 0.240 e. The maximum atomic E-state index is 12.3. The molecule has 1 N–H and O–H groups in total. The Morgan fingerprint density at radius 2 is 1.95 bits per heavy atom. The highest BCUT2D eigenvalue weighted by molar-refractivity contribution is 7.89. The minimum atomic E-state index is -3.54. The van der Waals surface area contributed by atoms with Crippen LogP contribution in [0.4, 0.5) is 0 Å². The molecule has 0 bridgehead atoms. The first-order valence-electron chi connectivity index (χ1n) is 6.93. The third-order valence-corrected chi connectivity index (χ3v) is 5.45. The van der Waals surface area contributed by atoms with Crippen LogP contribution in [0, 0.1) is 5.41 Å². The van der Waals surface area contributed by atoms with Crippen molar-refractivity contribution in [2.24, 2.45) is 5.41 Å². The van der Waals surface area contributed by atoms with Crippen molar-refractivity contribution in [1.29, 1.82) is 0 Å². The molecule has 1 aliphatic rings. The lowest BCUT2D eigenvalue weighted by Crippen LogP contribution is -2.34. The van der Waals surface area contributed by atoms with E-state index in [1.54, 1.807) is 12.1 Å². The second-order valence-corrected chi connectivity index (χ2v) is 7.69. The first-order chi connectivity index (χ1) is 9.32. The molecule has 2 rings (SSSR count). The Labute approximate surface area is 120 Å². The fraction of sp³-hybridized carbons (Fsp3) is 0.533. The second kappa shape index (κ2) is 5.66. The molecule has 110 valence electrons. The maximum absolute atomic E-state index is 12.3.